The average molecular weight is 362 g/mol. The summed E-state index contributed by atoms with van der Waals surface area (Å²) in [5, 5.41) is 11.8. The van der Waals surface area contributed by atoms with E-state index in [0.717, 1.165) is 25.9 Å². The normalized spacial score (nSPS) is 16.6. The summed E-state index contributed by atoms with van der Waals surface area (Å²) in [5.41, 5.74) is -0.409. The van der Waals surface area contributed by atoms with Crippen molar-refractivity contribution >= 4 is 17.6 Å². The molecule has 2 rings (SSSR count). The average Bonchev–Trinajstić information content (AvgIpc) is 2.61. The van der Waals surface area contributed by atoms with E-state index in [4.69, 9.17) is 4.74 Å². The summed E-state index contributed by atoms with van der Waals surface area (Å²) in [7, 11) is 1.69. The second-order valence-corrected chi connectivity index (χ2v) is 7.44. The standard InChI is InChI=1S/C19H30N4O3/c1-18(2,23-17(25)22-15-7-5-4-6-8-15)16(24)21-13-19(14-26-3)9-11-20-12-10-19/h4-8,20H,9-14H2,1-3H3,(H,21,24)(H2,22,23,25). The molecule has 7 nitrogen and oxygen atoms in total. The van der Waals surface area contributed by atoms with Gasteiger partial charge in [0.25, 0.3) is 0 Å². The Kier molecular flexibility index (Phi) is 6.99. The van der Waals surface area contributed by atoms with Crippen molar-refractivity contribution in [3.8, 4) is 0 Å². The summed E-state index contributed by atoms with van der Waals surface area (Å²) < 4.78 is 5.37. The van der Waals surface area contributed by atoms with Gasteiger partial charge in [0.1, 0.15) is 5.54 Å². The number of hydrogen-bond acceptors (Lipinski definition) is 4. The Morgan fingerprint density at radius 3 is 2.46 bits per heavy atom. The monoisotopic (exact) mass is 362 g/mol. The molecule has 7 heteroatoms. The van der Waals surface area contributed by atoms with Crippen LogP contribution in [-0.2, 0) is 9.53 Å². The predicted octanol–water partition coefficient (Wildman–Crippen LogP) is 1.72. The fourth-order valence-corrected chi connectivity index (χ4v) is 3.15. The van der Waals surface area contributed by atoms with Crippen molar-refractivity contribution in [2.75, 3.05) is 38.7 Å². The molecule has 3 amide bonds. The molecule has 1 aromatic carbocycles. The molecule has 4 N–H and O–H groups in total. The van der Waals surface area contributed by atoms with E-state index in [-0.39, 0.29) is 11.3 Å². The smallest absolute Gasteiger partial charge is 0.320 e. The van der Waals surface area contributed by atoms with Crippen LogP contribution in [0.4, 0.5) is 10.5 Å². The molecule has 0 spiro atoms. The molecule has 0 bridgehead atoms. The van der Waals surface area contributed by atoms with Crippen molar-refractivity contribution in [2.45, 2.75) is 32.2 Å². The van der Waals surface area contributed by atoms with Gasteiger partial charge in [-0.2, -0.15) is 0 Å². The van der Waals surface area contributed by atoms with Crippen LogP contribution in [-0.4, -0.2) is 50.8 Å². The van der Waals surface area contributed by atoms with E-state index in [9.17, 15) is 9.59 Å². The Morgan fingerprint density at radius 2 is 1.85 bits per heavy atom. The highest BCUT2D eigenvalue weighted by atomic mass is 16.5. The van der Waals surface area contributed by atoms with Crippen LogP contribution in [0.1, 0.15) is 26.7 Å². The van der Waals surface area contributed by atoms with Crippen LogP contribution in [0.2, 0.25) is 0 Å². The van der Waals surface area contributed by atoms with Crippen LogP contribution in [0, 0.1) is 5.41 Å². The van der Waals surface area contributed by atoms with Gasteiger partial charge >= 0.3 is 6.03 Å². The van der Waals surface area contributed by atoms with Crippen molar-refractivity contribution < 1.29 is 14.3 Å². The molecule has 1 heterocycles. The van der Waals surface area contributed by atoms with Gasteiger partial charge in [-0.25, -0.2) is 4.79 Å². The van der Waals surface area contributed by atoms with Gasteiger partial charge < -0.3 is 26.0 Å². The molecular formula is C19H30N4O3. The quantitative estimate of drug-likeness (QED) is 0.594. The van der Waals surface area contributed by atoms with Crippen LogP contribution in [0.15, 0.2) is 30.3 Å². The Balaban J connectivity index is 1.88. The number of benzene rings is 1. The van der Waals surface area contributed by atoms with Gasteiger partial charge in [0.05, 0.1) is 6.61 Å². The summed E-state index contributed by atoms with van der Waals surface area (Å²) in [6, 6.07) is 8.71. The number of anilines is 1. The predicted molar refractivity (Wildman–Crippen MR) is 102 cm³/mol. The lowest BCUT2D eigenvalue weighted by molar-refractivity contribution is -0.127. The number of rotatable bonds is 7. The number of carbonyl (C=O) groups is 2. The maximum atomic E-state index is 12.6. The van der Waals surface area contributed by atoms with Crippen molar-refractivity contribution in [2.24, 2.45) is 5.41 Å². The Morgan fingerprint density at radius 1 is 1.19 bits per heavy atom. The third-order valence-corrected chi connectivity index (χ3v) is 4.76. The fourth-order valence-electron chi connectivity index (χ4n) is 3.15. The fraction of sp³-hybridized carbons (Fsp3) is 0.579. The largest absolute Gasteiger partial charge is 0.384 e. The van der Waals surface area contributed by atoms with Crippen LogP contribution in [0.5, 0.6) is 0 Å². The summed E-state index contributed by atoms with van der Waals surface area (Å²) in [5.74, 6) is -0.213. The number of methoxy groups -OCH3 is 1. The lowest BCUT2D eigenvalue weighted by Crippen LogP contribution is -2.58. The van der Waals surface area contributed by atoms with Crippen molar-refractivity contribution in [1.29, 1.82) is 0 Å². The SMILES string of the molecule is COCC1(CNC(=O)C(C)(C)NC(=O)Nc2ccccc2)CCNCC1. The molecule has 1 aliphatic heterocycles. The molecular weight excluding hydrogens is 332 g/mol. The maximum absolute atomic E-state index is 12.6. The van der Waals surface area contributed by atoms with Crippen LogP contribution < -0.4 is 21.3 Å². The van der Waals surface area contributed by atoms with Gasteiger partial charge in [0.15, 0.2) is 0 Å². The Bertz CT molecular complexity index is 593. The Labute approximate surface area is 155 Å². The van der Waals surface area contributed by atoms with E-state index in [1.807, 2.05) is 18.2 Å². The molecule has 144 valence electrons. The number of hydrogen-bond donors (Lipinski definition) is 4. The van der Waals surface area contributed by atoms with Crippen LogP contribution in [0.25, 0.3) is 0 Å². The van der Waals surface area contributed by atoms with Crippen molar-refractivity contribution in [1.82, 2.24) is 16.0 Å². The minimum atomic E-state index is -1.03. The van der Waals surface area contributed by atoms with E-state index >= 15 is 0 Å². The van der Waals surface area contributed by atoms with Gasteiger partial charge in [-0.1, -0.05) is 18.2 Å². The van der Waals surface area contributed by atoms with Gasteiger partial charge in [0, 0.05) is 24.8 Å². The molecule has 0 radical (unpaired) electrons. The van der Waals surface area contributed by atoms with E-state index in [2.05, 4.69) is 21.3 Å². The number of para-hydroxylation sites is 1. The van der Waals surface area contributed by atoms with Gasteiger partial charge in [0.2, 0.25) is 5.91 Å². The molecule has 26 heavy (non-hydrogen) atoms. The van der Waals surface area contributed by atoms with E-state index in [0.29, 0.717) is 18.8 Å². The van der Waals surface area contributed by atoms with Gasteiger partial charge in [-0.15, -0.1) is 0 Å². The molecule has 1 aliphatic rings. The third-order valence-electron chi connectivity index (χ3n) is 4.76. The number of urea groups is 1. The van der Waals surface area contributed by atoms with E-state index in [1.54, 1.807) is 33.1 Å². The first kappa shape index (κ1) is 20.2. The zero-order valence-electron chi connectivity index (χ0n) is 15.9. The highest BCUT2D eigenvalue weighted by molar-refractivity contribution is 5.95. The minimum absolute atomic E-state index is 0.0575. The molecule has 0 aliphatic carbocycles. The zero-order valence-corrected chi connectivity index (χ0v) is 15.9. The topological polar surface area (TPSA) is 91.5 Å². The molecule has 0 unspecified atom stereocenters. The second kappa shape index (κ2) is 9.00. The molecule has 1 fully saturated rings. The lowest BCUT2D eigenvalue weighted by atomic mass is 9.79. The summed E-state index contributed by atoms with van der Waals surface area (Å²) in [6.45, 7) is 6.36. The molecule has 0 atom stereocenters. The first-order chi connectivity index (χ1) is 12.4. The minimum Gasteiger partial charge on any atom is -0.384 e. The highest BCUT2D eigenvalue weighted by Gasteiger charge is 2.35. The molecule has 1 aromatic rings. The highest BCUT2D eigenvalue weighted by Crippen LogP contribution is 2.28. The lowest BCUT2D eigenvalue weighted by Gasteiger charge is -2.38. The number of piperidine rings is 1. The number of nitrogens with one attached hydrogen (secondary N) is 4. The van der Waals surface area contributed by atoms with Crippen molar-refractivity contribution in [3.05, 3.63) is 30.3 Å². The van der Waals surface area contributed by atoms with Gasteiger partial charge in [-0.05, 0) is 51.9 Å². The zero-order chi connectivity index (χ0) is 19.0. The summed E-state index contributed by atoms with van der Waals surface area (Å²) in [4.78, 5) is 24.8. The summed E-state index contributed by atoms with van der Waals surface area (Å²) in [6.07, 6.45) is 1.90. The molecule has 1 saturated heterocycles. The van der Waals surface area contributed by atoms with E-state index in [1.165, 1.54) is 0 Å². The summed E-state index contributed by atoms with van der Waals surface area (Å²) >= 11 is 0. The molecule has 0 aromatic heterocycles. The second-order valence-electron chi connectivity index (χ2n) is 7.44. The number of ether oxygens (including phenoxy) is 1. The Hall–Kier alpha value is -2.12. The number of carbonyl (C=O) groups excluding carboxylic acids is 2. The van der Waals surface area contributed by atoms with Gasteiger partial charge in [-0.3, -0.25) is 4.79 Å². The first-order valence-corrected chi connectivity index (χ1v) is 8.99. The third kappa shape index (κ3) is 5.71. The van der Waals surface area contributed by atoms with Crippen molar-refractivity contribution in [3.63, 3.8) is 0 Å². The molecule has 0 saturated carbocycles. The van der Waals surface area contributed by atoms with Crippen LogP contribution in [0.3, 0.4) is 0 Å². The maximum Gasteiger partial charge on any atom is 0.320 e. The first-order valence-electron chi connectivity index (χ1n) is 8.99. The van der Waals surface area contributed by atoms with Crippen LogP contribution >= 0.6 is 0 Å². The number of amides is 3. The van der Waals surface area contributed by atoms with E-state index < -0.39 is 11.6 Å².